The molecule has 0 radical (unpaired) electrons. The fourth-order valence-corrected chi connectivity index (χ4v) is 10.4. The fourth-order valence-electron chi connectivity index (χ4n) is 10.4. The van der Waals surface area contributed by atoms with Gasteiger partial charge in [-0.25, -0.2) is 15.0 Å². The Morgan fingerprint density at radius 3 is 1.85 bits per heavy atom. The van der Waals surface area contributed by atoms with Crippen LogP contribution in [0.1, 0.15) is 11.1 Å². The standard InChI is InChI=1S/C60H36N4O/c1-2-12-37(13-3-1)58-61-59(40-24-27-46-38(31-40)22-21-36-11-4-5-14-45(36)46)63-60(62-58)41-25-28-47-42(32-41)33-43-34-44(26-30-48(43)47)64-53-18-8-6-16-52(53)57-49(17-10-19-54(57)64)39-23-29-51-50-15-7-9-20-55(50)65-56(51)35-39/h1-32,34-35H,33H2. The Morgan fingerprint density at radius 2 is 0.969 bits per heavy atom. The Hall–Kier alpha value is -8.67. The fraction of sp³-hybridized carbons (Fsp3) is 0.0167. The number of aromatic nitrogens is 4. The minimum atomic E-state index is 0.654. The Kier molecular flexibility index (Phi) is 7.68. The van der Waals surface area contributed by atoms with Gasteiger partial charge in [-0.05, 0) is 116 Å². The van der Waals surface area contributed by atoms with Crippen LogP contribution in [0, 0.1) is 0 Å². The molecular weight excluding hydrogens is 793 g/mol. The molecule has 0 bridgehead atoms. The van der Waals surface area contributed by atoms with Crippen LogP contribution in [0.15, 0.2) is 211 Å². The van der Waals surface area contributed by atoms with Crippen LogP contribution in [0.4, 0.5) is 0 Å². The lowest BCUT2D eigenvalue weighted by Gasteiger charge is -2.11. The molecule has 0 unspecified atom stereocenters. The smallest absolute Gasteiger partial charge is 0.164 e. The molecule has 1 aliphatic rings. The van der Waals surface area contributed by atoms with Crippen LogP contribution in [-0.2, 0) is 6.42 Å². The highest BCUT2D eigenvalue weighted by Gasteiger charge is 2.23. The van der Waals surface area contributed by atoms with Crippen molar-refractivity contribution in [3.8, 4) is 62.1 Å². The molecule has 3 aromatic heterocycles. The Morgan fingerprint density at radius 1 is 0.354 bits per heavy atom. The third-order valence-electron chi connectivity index (χ3n) is 13.4. The number of hydrogen-bond donors (Lipinski definition) is 0. The number of hydrogen-bond acceptors (Lipinski definition) is 4. The van der Waals surface area contributed by atoms with Crippen molar-refractivity contribution in [1.29, 1.82) is 0 Å². The zero-order chi connectivity index (χ0) is 42.6. The molecule has 65 heavy (non-hydrogen) atoms. The van der Waals surface area contributed by atoms with Crippen LogP contribution in [0.25, 0.3) is 127 Å². The molecule has 0 spiro atoms. The van der Waals surface area contributed by atoms with Crippen LogP contribution >= 0.6 is 0 Å². The third kappa shape index (κ3) is 5.62. The Balaban J connectivity index is 0.848. The van der Waals surface area contributed by atoms with Crippen molar-refractivity contribution < 1.29 is 4.42 Å². The van der Waals surface area contributed by atoms with E-state index in [9.17, 15) is 0 Å². The van der Waals surface area contributed by atoms with Gasteiger partial charge in [-0.3, -0.25) is 0 Å². The number of fused-ring (bicyclic) bond motifs is 12. The van der Waals surface area contributed by atoms with Gasteiger partial charge in [0.05, 0.1) is 11.0 Å². The summed E-state index contributed by atoms with van der Waals surface area (Å²) in [5, 5.41) is 9.56. The second-order valence-corrected chi connectivity index (χ2v) is 17.1. The lowest BCUT2D eigenvalue weighted by Crippen LogP contribution is -2.00. The number of furan rings is 1. The van der Waals surface area contributed by atoms with Gasteiger partial charge in [0.2, 0.25) is 0 Å². The van der Waals surface area contributed by atoms with Crippen LogP contribution in [-0.4, -0.2) is 19.5 Å². The maximum Gasteiger partial charge on any atom is 0.164 e. The van der Waals surface area contributed by atoms with Crippen molar-refractivity contribution in [3.63, 3.8) is 0 Å². The molecule has 0 atom stereocenters. The second kappa shape index (κ2) is 13.9. The normalized spacial score (nSPS) is 12.2. The van der Waals surface area contributed by atoms with E-state index in [2.05, 4.69) is 180 Å². The van der Waals surface area contributed by atoms with E-state index in [4.69, 9.17) is 19.4 Å². The lowest BCUT2D eigenvalue weighted by molar-refractivity contribution is 0.669. The molecular formula is C60H36N4O. The summed E-state index contributed by atoms with van der Waals surface area (Å²) in [5.41, 5.74) is 15.6. The molecule has 0 N–H and O–H groups in total. The van der Waals surface area contributed by atoms with Crippen molar-refractivity contribution in [2.75, 3.05) is 0 Å². The quantitative estimate of drug-likeness (QED) is 0.162. The van der Waals surface area contributed by atoms with E-state index >= 15 is 0 Å². The molecule has 3 heterocycles. The molecule has 0 saturated carbocycles. The van der Waals surface area contributed by atoms with Gasteiger partial charge in [0, 0.05) is 43.9 Å². The maximum absolute atomic E-state index is 6.35. The second-order valence-electron chi connectivity index (χ2n) is 17.1. The number of rotatable bonds is 5. The summed E-state index contributed by atoms with van der Waals surface area (Å²) in [6.07, 6.45) is 0.814. The van der Waals surface area contributed by atoms with E-state index < -0.39 is 0 Å². The van der Waals surface area contributed by atoms with E-state index in [0.29, 0.717) is 17.5 Å². The van der Waals surface area contributed by atoms with E-state index in [1.807, 2.05) is 30.3 Å². The van der Waals surface area contributed by atoms with Gasteiger partial charge in [-0.1, -0.05) is 152 Å². The number of nitrogens with zero attached hydrogens (tertiary/aromatic N) is 4. The summed E-state index contributed by atoms with van der Waals surface area (Å²) in [6, 6.07) is 73.6. The van der Waals surface area contributed by atoms with Crippen molar-refractivity contribution in [2.24, 2.45) is 0 Å². The van der Waals surface area contributed by atoms with Gasteiger partial charge in [0.15, 0.2) is 17.5 Å². The predicted molar refractivity (Wildman–Crippen MR) is 266 cm³/mol. The highest BCUT2D eigenvalue weighted by atomic mass is 16.3. The summed E-state index contributed by atoms with van der Waals surface area (Å²) in [4.78, 5) is 15.3. The Labute approximate surface area is 373 Å². The summed E-state index contributed by atoms with van der Waals surface area (Å²) in [5.74, 6) is 1.97. The van der Waals surface area contributed by atoms with Crippen LogP contribution in [0.5, 0.6) is 0 Å². The molecule has 13 aromatic rings. The maximum atomic E-state index is 6.35. The van der Waals surface area contributed by atoms with Gasteiger partial charge in [0.1, 0.15) is 11.2 Å². The first-order valence-corrected chi connectivity index (χ1v) is 22.1. The van der Waals surface area contributed by atoms with E-state index in [1.54, 1.807) is 0 Å². The zero-order valence-corrected chi connectivity index (χ0v) is 35.0. The number of benzene rings is 10. The topological polar surface area (TPSA) is 56.7 Å². The van der Waals surface area contributed by atoms with Gasteiger partial charge in [-0.15, -0.1) is 0 Å². The third-order valence-corrected chi connectivity index (χ3v) is 13.4. The molecule has 302 valence electrons. The largest absolute Gasteiger partial charge is 0.456 e. The SMILES string of the molecule is c1ccc(-c2nc(-c3ccc4c(c3)Cc3cc(-n5c6ccccc6c6c(-c7ccc8c(c7)oc7ccccc78)cccc65)ccc3-4)nc(-c3ccc4c(ccc5ccccc54)c3)n2)cc1. The molecule has 0 saturated heterocycles. The van der Waals surface area contributed by atoms with Gasteiger partial charge >= 0.3 is 0 Å². The molecule has 0 aliphatic heterocycles. The van der Waals surface area contributed by atoms with Crippen molar-refractivity contribution in [3.05, 3.63) is 217 Å². The molecule has 0 fully saturated rings. The first kappa shape index (κ1) is 35.9. The van der Waals surface area contributed by atoms with E-state index in [0.717, 1.165) is 61.7 Å². The lowest BCUT2D eigenvalue weighted by atomic mass is 9.98. The van der Waals surface area contributed by atoms with Crippen molar-refractivity contribution in [2.45, 2.75) is 6.42 Å². The molecule has 0 amide bonds. The number of para-hydroxylation sites is 2. The minimum absolute atomic E-state index is 0.654. The monoisotopic (exact) mass is 828 g/mol. The molecule has 14 rings (SSSR count). The van der Waals surface area contributed by atoms with E-state index in [1.165, 1.54) is 65.8 Å². The summed E-state index contributed by atoms with van der Waals surface area (Å²) in [7, 11) is 0. The Bertz CT molecular complexity index is 4100. The first-order valence-electron chi connectivity index (χ1n) is 22.1. The predicted octanol–water partition coefficient (Wildman–Crippen LogP) is 15.4. The first-order chi connectivity index (χ1) is 32.2. The summed E-state index contributed by atoms with van der Waals surface area (Å²) in [6.45, 7) is 0. The van der Waals surface area contributed by atoms with Gasteiger partial charge < -0.3 is 8.98 Å². The summed E-state index contributed by atoms with van der Waals surface area (Å²) >= 11 is 0. The van der Waals surface area contributed by atoms with Gasteiger partial charge in [0.25, 0.3) is 0 Å². The molecule has 1 aliphatic carbocycles. The van der Waals surface area contributed by atoms with Gasteiger partial charge in [-0.2, -0.15) is 0 Å². The van der Waals surface area contributed by atoms with E-state index in [-0.39, 0.29) is 0 Å². The van der Waals surface area contributed by atoms with Crippen LogP contribution < -0.4 is 0 Å². The molecule has 10 aromatic carbocycles. The van der Waals surface area contributed by atoms with Crippen molar-refractivity contribution in [1.82, 2.24) is 19.5 Å². The van der Waals surface area contributed by atoms with Crippen LogP contribution in [0.2, 0.25) is 0 Å². The summed E-state index contributed by atoms with van der Waals surface area (Å²) < 4.78 is 8.77. The molecule has 5 nitrogen and oxygen atoms in total. The van der Waals surface area contributed by atoms with Crippen LogP contribution in [0.3, 0.4) is 0 Å². The minimum Gasteiger partial charge on any atom is -0.456 e. The molecule has 5 heteroatoms. The highest BCUT2D eigenvalue weighted by Crippen LogP contribution is 2.43. The average molecular weight is 829 g/mol. The highest BCUT2D eigenvalue weighted by molar-refractivity contribution is 6.17. The van der Waals surface area contributed by atoms with Crippen molar-refractivity contribution >= 4 is 65.3 Å². The average Bonchev–Trinajstić information content (AvgIpc) is 4.05. The zero-order valence-electron chi connectivity index (χ0n) is 35.0.